The van der Waals surface area contributed by atoms with Gasteiger partial charge in [-0.1, -0.05) is 17.7 Å². The Morgan fingerprint density at radius 2 is 1.93 bits per heavy atom. The van der Waals surface area contributed by atoms with Crippen LogP contribution in [0.5, 0.6) is 5.75 Å². The summed E-state index contributed by atoms with van der Waals surface area (Å²) in [7, 11) is 5.67. The van der Waals surface area contributed by atoms with Crippen molar-refractivity contribution in [2.45, 2.75) is 0 Å². The van der Waals surface area contributed by atoms with E-state index < -0.39 is 0 Å². The number of nitrogens with zero attached hydrogens (tertiary/aromatic N) is 1. The smallest absolute Gasteiger partial charge is 0.118 e. The maximum atomic E-state index is 6.14. The fourth-order valence-electron chi connectivity index (χ4n) is 1.13. The van der Waals surface area contributed by atoms with Crippen molar-refractivity contribution in [3.63, 3.8) is 0 Å². The zero-order chi connectivity index (χ0) is 11.3. The number of hydrogen-bond acceptors (Lipinski definition) is 2. The lowest BCUT2D eigenvalue weighted by molar-refractivity contribution is 0.415. The van der Waals surface area contributed by atoms with Gasteiger partial charge in [0.1, 0.15) is 5.75 Å². The lowest BCUT2D eigenvalue weighted by Crippen LogP contribution is -2.10. The molecule has 0 unspecified atom stereocenters. The van der Waals surface area contributed by atoms with Crippen LogP contribution >= 0.6 is 11.6 Å². The third-order valence-corrected chi connectivity index (χ3v) is 2.37. The molecule has 1 aromatic carbocycles. The van der Waals surface area contributed by atoms with Crippen molar-refractivity contribution in [3.8, 4) is 5.75 Å². The van der Waals surface area contributed by atoms with Gasteiger partial charge in [-0.3, -0.25) is 0 Å². The zero-order valence-corrected chi connectivity index (χ0v) is 10.1. The van der Waals surface area contributed by atoms with Crippen LogP contribution < -0.4 is 4.74 Å². The van der Waals surface area contributed by atoms with Crippen LogP contribution in [0.1, 0.15) is 5.56 Å². The second kappa shape index (κ2) is 5.79. The SMILES string of the molecule is COc1ccc(/C(Cl)=C/CN(C)C)cc1. The van der Waals surface area contributed by atoms with Crippen molar-refractivity contribution < 1.29 is 4.74 Å². The van der Waals surface area contributed by atoms with Crippen LogP contribution in [-0.4, -0.2) is 32.6 Å². The summed E-state index contributed by atoms with van der Waals surface area (Å²) in [6.45, 7) is 0.838. The molecule has 82 valence electrons. The topological polar surface area (TPSA) is 12.5 Å². The van der Waals surface area contributed by atoms with E-state index in [0.717, 1.165) is 22.9 Å². The van der Waals surface area contributed by atoms with Crippen LogP contribution in [0.15, 0.2) is 30.3 Å². The van der Waals surface area contributed by atoms with Crippen molar-refractivity contribution in [1.82, 2.24) is 4.90 Å². The van der Waals surface area contributed by atoms with Crippen molar-refractivity contribution in [3.05, 3.63) is 35.9 Å². The molecule has 0 N–H and O–H groups in total. The third kappa shape index (κ3) is 3.94. The van der Waals surface area contributed by atoms with E-state index in [1.807, 2.05) is 44.4 Å². The van der Waals surface area contributed by atoms with E-state index in [1.54, 1.807) is 7.11 Å². The molecule has 0 bridgehead atoms. The van der Waals surface area contributed by atoms with Gasteiger partial charge in [-0.05, 0) is 43.9 Å². The molecule has 0 aromatic heterocycles. The zero-order valence-electron chi connectivity index (χ0n) is 9.33. The number of likely N-dealkylation sites (N-methyl/N-ethyl adjacent to an activating group) is 1. The Morgan fingerprint density at radius 1 is 1.33 bits per heavy atom. The number of benzene rings is 1. The first-order chi connectivity index (χ1) is 7.13. The molecule has 0 fully saturated rings. The summed E-state index contributed by atoms with van der Waals surface area (Å²) in [5.74, 6) is 0.843. The first-order valence-electron chi connectivity index (χ1n) is 4.78. The summed E-state index contributed by atoms with van der Waals surface area (Å²) < 4.78 is 5.08. The first kappa shape index (κ1) is 12.1. The fraction of sp³-hybridized carbons (Fsp3) is 0.333. The second-order valence-corrected chi connectivity index (χ2v) is 3.95. The van der Waals surface area contributed by atoms with Gasteiger partial charge in [-0.2, -0.15) is 0 Å². The molecule has 0 radical (unpaired) electrons. The highest BCUT2D eigenvalue weighted by molar-refractivity contribution is 6.48. The van der Waals surface area contributed by atoms with Gasteiger partial charge >= 0.3 is 0 Å². The summed E-state index contributed by atoms with van der Waals surface area (Å²) in [4.78, 5) is 2.06. The normalized spacial score (nSPS) is 11.9. The quantitative estimate of drug-likeness (QED) is 0.782. The van der Waals surface area contributed by atoms with E-state index >= 15 is 0 Å². The highest BCUT2D eigenvalue weighted by Gasteiger charge is 1.98. The number of rotatable bonds is 4. The average molecular weight is 226 g/mol. The Kier molecular flexibility index (Phi) is 4.66. The Hall–Kier alpha value is -0.990. The van der Waals surface area contributed by atoms with Crippen LogP contribution in [-0.2, 0) is 0 Å². The lowest BCUT2D eigenvalue weighted by atomic mass is 10.2. The molecule has 0 aliphatic heterocycles. The Bertz CT molecular complexity index is 330. The molecule has 2 nitrogen and oxygen atoms in total. The van der Waals surface area contributed by atoms with Gasteiger partial charge in [0.15, 0.2) is 0 Å². The monoisotopic (exact) mass is 225 g/mol. The first-order valence-corrected chi connectivity index (χ1v) is 5.16. The molecule has 0 spiro atoms. The molecule has 0 saturated heterocycles. The van der Waals surface area contributed by atoms with Gasteiger partial charge in [0.2, 0.25) is 0 Å². The van der Waals surface area contributed by atoms with Crippen LogP contribution in [0.2, 0.25) is 0 Å². The molecule has 3 heteroatoms. The maximum Gasteiger partial charge on any atom is 0.118 e. The summed E-state index contributed by atoms with van der Waals surface area (Å²) in [6.07, 6.45) is 1.99. The molecular formula is C12H16ClNO. The van der Waals surface area contributed by atoms with E-state index in [2.05, 4.69) is 4.90 Å². The van der Waals surface area contributed by atoms with E-state index in [0.29, 0.717) is 0 Å². The number of halogens is 1. The van der Waals surface area contributed by atoms with E-state index in [-0.39, 0.29) is 0 Å². The molecule has 0 heterocycles. The molecule has 0 aliphatic rings. The van der Waals surface area contributed by atoms with Crippen LogP contribution in [0.4, 0.5) is 0 Å². The highest BCUT2D eigenvalue weighted by Crippen LogP contribution is 2.21. The maximum absolute atomic E-state index is 6.14. The van der Waals surface area contributed by atoms with Crippen molar-refractivity contribution in [2.75, 3.05) is 27.7 Å². The van der Waals surface area contributed by atoms with Gasteiger partial charge in [0.25, 0.3) is 0 Å². The minimum absolute atomic E-state index is 0.770. The van der Waals surface area contributed by atoms with Crippen LogP contribution in [0, 0.1) is 0 Å². The van der Waals surface area contributed by atoms with Crippen molar-refractivity contribution in [1.29, 1.82) is 0 Å². The summed E-state index contributed by atoms with van der Waals surface area (Å²) in [5, 5.41) is 0.770. The second-order valence-electron chi connectivity index (χ2n) is 3.54. The molecule has 1 aromatic rings. The van der Waals surface area contributed by atoms with Crippen molar-refractivity contribution in [2.24, 2.45) is 0 Å². The molecular weight excluding hydrogens is 210 g/mol. The van der Waals surface area contributed by atoms with Gasteiger partial charge in [-0.25, -0.2) is 0 Å². The van der Waals surface area contributed by atoms with E-state index in [9.17, 15) is 0 Å². The molecule has 15 heavy (non-hydrogen) atoms. The van der Waals surface area contributed by atoms with Crippen molar-refractivity contribution >= 4 is 16.6 Å². The van der Waals surface area contributed by atoms with E-state index in [4.69, 9.17) is 16.3 Å². The van der Waals surface area contributed by atoms with Crippen LogP contribution in [0.25, 0.3) is 5.03 Å². The molecule has 0 amide bonds. The molecule has 1 rings (SSSR count). The van der Waals surface area contributed by atoms with E-state index in [1.165, 1.54) is 0 Å². The predicted octanol–water partition coefficient (Wildman–Crippen LogP) is 2.84. The van der Waals surface area contributed by atoms with Gasteiger partial charge in [-0.15, -0.1) is 0 Å². The number of methoxy groups -OCH3 is 1. The third-order valence-electron chi connectivity index (χ3n) is 2.00. The summed E-state index contributed by atoms with van der Waals surface area (Å²) >= 11 is 6.14. The fourth-order valence-corrected chi connectivity index (χ4v) is 1.33. The van der Waals surface area contributed by atoms with Crippen LogP contribution in [0.3, 0.4) is 0 Å². The largest absolute Gasteiger partial charge is 0.497 e. The van der Waals surface area contributed by atoms with Gasteiger partial charge in [0, 0.05) is 11.6 Å². The Labute approximate surface area is 96.1 Å². The number of ether oxygens (including phenoxy) is 1. The Morgan fingerprint density at radius 3 is 2.40 bits per heavy atom. The minimum Gasteiger partial charge on any atom is -0.497 e. The number of hydrogen-bond donors (Lipinski definition) is 0. The molecule has 0 aliphatic carbocycles. The summed E-state index contributed by atoms with van der Waals surface area (Å²) in [5.41, 5.74) is 1.01. The predicted molar refractivity (Wildman–Crippen MR) is 65.4 cm³/mol. The average Bonchev–Trinajstić information content (AvgIpc) is 2.26. The summed E-state index contributed by atoms with van der Waals surface area (Å²) in [6, 6.07) is 7.71. The molecule has 0 atom stereocenters. The van der Waals surface area contributed by atoms with Gasteiger partial charge < -0.3 is 9.64 Å². The lowest BCUT2D eigenvalue weighted by Gasteiger charge is -2.06. The highest BCUT2D eigenvalue weighted by atomic mass is 35.5. The molecule has 0 saturated carbocycles. The standard InChI is InChI=1S/C12H16ClNO/c1-14(2)9-8-12(13)10-4-6-11(15-3)7-5-10/h4-8H,9H2,1-3H3/b12-8-. The Balaban J connectivity index is 2.73. The minimum atomic E-state index is 0.770. The van der Waals surface area contributed by atoms with Gasteiger partial charge in [0.05, 0.1) is 7.11 Å².